The lowest BCUT2D eigenvalue weighted by atomic mass is 9.87. The Hall–Kier alpha value is -3.22. The summed E-state index contributed by atoms with van der Waals surface area (Å²) in [6.07, 6.45) is -5.93. The fourth-order valence-electron chi connectivity index (χ4n) is 5.89. The van der Waals surface area contributed by atoms with Crippen molar-refractivity contribution in [3.05, 3.63) is 48.0 Å². The quantitative estimate of drug-likeness (QED) is 0.0484. The number of amides is 2. The molecule has 0 radical (unpaired) electrons. The molecule has 0 spiro atoms. The van der Waals surface area contributed by atoms with Crippen molar-refractivity contribution in [2.45, 2.75) is 89.9 Å². The van der Waals surface area contributed by atoms with Crippen LogP contribution < -0.4 is 16.4 Å². The van der Waals surface area contributed by atoms with Crippen LogP contribution in [0.1, 0.15) is 76.7 Å². The van der Waals surface area contributed by atoms with Gasteiger partial charge in [-0.05, 0) is 23.5 Å². The predicted molar refractivity (Wildman–Crippen MR) is 221 cm³/mol. The highest BCUT2D eigenvalue weighted by molar-refractivity contribution is 8.13. The van der Waals surface area contributed by atoms with Gasteiger partial charge in [-0.15, -0.1) is 0 Å². The Kier molecular flexibility index (Phi) is 17.9. The molecule has 4 rings (SSSR count). The highest BCUT2D eigenvalue weighted by Crippen LogP contribution is 2.61. The maximum absolute atomic E-state index is 12.7. The van der Waals surface area contributed by atoms with Crippen molar-refractivity contribution >= 4 is 69.1 Å². The molecule has 346 valence electrons. The SMILES string of the molecule is CCC(C)c1ccc([C@H](C)C(=O)SCCNC(=O)CCNC(=O)C(O)C(C)(C)COP(=O)(O)OP(=O)(O)OC[C@H]2O[C@@H](n3cnc4c(N)ncnc43)[C@H](O)[C@@H]2OP(=O)(O)O)cc1. The van der Waals surface area contributed by atoms with E-state index < -0.39 is 84.6 Å². The zero-order chi connectivity index (χ0) is 46.2. The standard InChI is InChI=1S/C34H52N7O17P3S/c1-6-19(2)21-7-9-22(10-8-21)20(3)33(46)62-14-13-36-24(42)11-12-37-31(45)28(44)34(4,5)16-55-61(52,53)58-60(50,51)54-15-23-27(57-59(47,48)49)26(43)32(56-23)41-18-40-25-29(35)38-17-39-30(25)41/h7-10,17-20,23,26-28,32,43-44H,6,11-16H2,1-5H3,(H,36,42)(H,37,45)(H,50,51)(H,52,53)(H2,35,38,39)(H2,47,48,49)/t19?,20-,23+,26+,27+,28?,32+/m0/s1. The third-order valence-electron chi connectivity index (χ3n) is 9.72. The molecule has 1 aliphatic rings. The van der Waals surface area contributed by atoms with Crippen molar-refractivity contribution < 1.29 is 80.5 Å². The third kappa shape index (κ3) is 14.4. The number of thioether (sulfide) groups is 1. The lowest BCUT2D eigenvalue weighted by molar-refractivity contribution is -0.137. The summed E-state index contributed by atoms with van der Waals surface area (Å²) in [6.45, 7) is 6.54. The Morgan fingerprint density at radius 1 is 0.984 bits per heavy atom. The van der Waals surface area contributed by atoms with E-state index in [0.717, 1.165) is 41.0 Å². The summed E-state index contributed by atoms with van der Waals surface area (Å²) in [4.78, 5) is 88.8. The number of carbonyl (C=O) groups is 3. The fourth-order valence-corrected chi connectivity index (χ4v) is 9.51. The monoisotopic (exact) mass is 955 g/mol. The summed E-state index contributed by atoms with van der Waals surface area (Å²) in [5.74, 6) is -1.05. The van der Waals surface area contributed by atoms with Crippen molar-refractivity contribution in [1.29, 1.82) is 0 Å². The number of fused-ring (bicyclic) bond motifs is 1. The molecular weight excluding hydrogens is 903 g/mol. The molecule has 1 aromatic carbocycles. The lowest BCUT2D eigenvalue weighted by Gasteiger charge is -2.30. The van der Waals surface area contributed by atoms with Gasteiger partial charge in [-0.25, -0.2) is 28.6 Å². The van der Waals surface area contributed by atoms with Crippen molar-refractivity contribution in [2.75, 3.05) is 37.8 Å². The second kappa shape index (κ2) is 21.6. The molecule has 2 amide bonds. The van der Waals surface area contributed by atoms with E-state index in [4.69, 9.17) is 19.5 Å². The average molecular weight is 956 g/mol. The maximum atomic E-state index is 12.7. The number of nitrogen functional groups attached to an aromatic ring is 1. The first-order chi connectivity index (χ1) is 28.8. The molecule has 0 aliphatic carbocycles. The van der Waals surface area contributed by atoms with Crippen LogP contribution in [-0.4, -0.2) is 123 Å². The molecule has 24 nitrogen and oxygen atoms in total. The summed E-state index contributed by atoms with van der Waals surface area (Å²) >= 11 is 1.09. The number of hydrogen-bond donors (Lipinski definition) is 9. The number of hydrogen-bond acceptors (Lipinski definition) is 18. The van der Waals surface area contributed by atoms with Crippen LogP contribution in [-0.2, 0) is 50.7 Å². The van der Waals surface area contributed by atoms with Crippen LogP contribution in [0.15, 0.2) is 36.9 Å². The van der Waals surface area contributed by atoms with E-state index in [1.807, 2.05) is 31.2 Å². The number of ether oxygens (including phenoxy) is 1. The molecule has 28 heteroatoms. The number of phosphoric ester groups is 3. The molecule has 10 N–H and O–H groups in total. The van der Waals surface area contributed by atoms with Gasteiger partial charge in [0.25, 0.3) is 0 Å². The second-order valence-corrected chi connectivity index (χ2v) is 20.3. The van der Waals surface area contributed by atoms with Crippen LogP contribution in [0.3, 0.4) is 0 Å². The Morgan fingerprint density at radius 2 is 1.63 bits per heavy atom. The van der Waals surface area contributed by atoms with Crippen LogP contribution in [0.2, 0.25) is 0 Å². The van der Waals surface area contributed by atoms with Crippen molar-refractivity contribution in [3.63, 3.8) is 0 Å². The zero-order valence-corrected chi connectivity index (χ0v) is 37.7. The van der Waals surface area contributed by atoms with Gasteiger partial charge in [-0.3, -0.25) is 32.5 Å². The molecule has 4 unspecified atom stereocenters. The largest absolute Gasteiger partial charge is 0.481 e. The highest BCUT2D eigenvalue weighted by atomic mass is 32.2. The van der Waals surface area contributed by atoms with Gasteiger partial charge >= 0.3 is 23.5 Å². The normalized spacial score (nSPS) is 21.7. The number of aliphatic hydroxyl groups excluding tert-OH is 2. The molecule has 1 saturated heterocycles. The van der Waals surface area contributed by atoms with E-state index in [1.165, 1.54) is 19.4 Å². The van der Waals surface area contributed by atoms with Gasteiger partial charge in [0.2, 0.25) is 11.8 Å². The summed E-state index contributed by atoms with van der Waals surface area (Å²) in [5.41, 5.74) is 6.36. The van der Waals surface area contributed by atoms with Gasteiger partial charge in [-0.2, -0.15) is 4.31 Å². The molecule has 0 bridgehead atoms. The number of anilines is 1. The predicted octanol–water partition coefficient (Wildman–Crippen LogP) is 1.98. The van der Waals surface area contributed by atoms with E-state index in [2.05, 4.69) is 48.3 Å². The van der Waals surface area contributed by atoms with Crippen LogP contribution in [0.4, 0.5) is 5.82 Å². The maximum Gasteiger partial charge on any atom is 0.481 e. The number of imidazole rings is 1. The van der Waals surface area contributed by atoms with Crippen LogP contribution in [0.5, 0.6) is 0 Å². The Labute approximate surface area is 360 Å². The first-order valence-electron chi connectivity index (χ1n) is 19.0. The van der Waals surface area contributed by atoms with Crippen molar-refractivity contribution in [3.8, 4) is 0 Å². The fraction of sp³-hybridized carbons (Fsp3) is 0.588. The number of nitrogens with zero attached hydrogens (tertiary/aromatic N) is 4. The van der Waals surface area contributed by atoms with E-state index in [0.29, 0.717) is 11.7 Å². The Morgan fingerprint density at radius 3 is 2.27 bits per heavy atom. The number of nitrogens with one attached hydrogen (secondary N) is 2. The molecule has 9 atom stereocenters. The average Bonchev–Trinajstić information content (AvgIpc) is 3.76. The molecule has 3 aromatic rings. The third-order valence-corrected chi connectivity index (χ3v) is 13.9. The van der Waals surface area contributed by atoms with E-state index in [1.54, 1.807) is 0 Å². The topological polar surface area (TPSA) is 364 Å². The van der Waals surface area contributed by atoms with Gasteiger partial charge < -0.3 is 50.9 Å². The summed E-state index contributed by atoms with van der Waals surface area (Å²) in [6, 6.07) is 7.95. The number of aromatic nitrogens is 4. The number of nitrogens with two attached hydrogens (primary N) is 1. The molecular formula is C34H52N7O17P3S. The second-order valence-electron chi connectivity index (χ2n) is 14.9. The zero-order valence-electron chi connectivity index (χ0n) is 34.2. The van der Waals surface area contributed by atoms with Gasteiger partial charge in [0.1, 0.15) is 36.3 Å². The number of aliphatic hydroxyl groups is 2. The number of carbonyl (C=O) groups excluding carboxylic acids is 3. The summed E-state index contributed by atoms with van der Waals surface area (Å²) in [5, 5.41) is 26.5. The van der Waals surface area contributed by atoms with Crippen LogP contribution in [0, 0.1) is 5.41 Å². The van der Waals surface area contributed by atoms with Crippen LogP contribution in [0.25, 0.3) is 11.2 Å². The smallest absolute Gasteiger partial charge is 0.386 e. The van der Waals surface area contributed by atoms with Crippen molar-refractivity contribution in [1.82, 2.24) is 30.2 Å². The first kappa shape index (κ1) is 51.4. The van der Waals surface area contributed by atoms with Crippen molar-refractivity contribution in [2.24, 2.45) is 5.41 Å². The van der Waals surface area contributed by atoms with E-state index in [-0.39, 0.29) is 47.5 Å². The molecule has 0 saturated carbocycles. The molecule has 1 fully saturated rings. The van der Waals surface area contributed by atoms with Gasteiger partial charge in [0.15, 0.2) is 22.8 Å². The minimum atomic E-state index is -5.58. The minimum Gasteiger partial charge on any atom is -0.386 e. The number of rotatable bonds is 23. The number of phosphoric acid groups is 3. The lowest BCUT2D eigenvalue weighted by Crippen LogP contribution is -2.46. The Bertz CT molecular complexity index is 2180. The number of benzene rings is 1. The van der Waals surface area contributed by atoms with E-state index >= 15 is 0 Å². The van der Waals surface area contributed by atoms with Crippen LogP contribution >= 0.6 is 35.2 Å². The Balaban J connectivity index is 1.20. The molecule has 1 aliphatic heterocycles. The molecule has 3 heterocycles. The molecule has 62 heavy (non-hydrogen) atoms. The van der Waals surface area contributed by atoms with Gasteiger partial charge in [0, 0.05) is 30.7 Å². The van der Waals surface area contributed by atoms with E-state index in [9.17, 15) is 57.9 Å². The van der Waals surface area contributed by atoms with Gasteiger partial charge in [-0.1, -0.05) is 70.6 Å². The first-order valence-corrected chi connectivity index (χ1v) is 24.5. The highest BCUT2D eigenvalue weighted by Gasteiger charge is 2.50. The van der Waals surface area contributed by atoms with Gasteiger partial charge in [0.05, 0.1) is 25.5 Å². The summed E-state index contributed by atoms with van der Waals surface area (Å²) in [7, 11) is -16.4. The minimum absolute atomic E-state index is 0.0297. The summed E-state index contributed by atoms with van der Waals surface area (Å²) < 4.78 is 62.3. The molecule has 2 aromatic heterocycles.